The third-order valence-electron chi connectivity index (χ3n) is 2.05. The lowest BCUT2D eigenvalue weighted by Gasteiger charge is -2.04. The van der Waals surface area contributed by atoms with Crippen LogP contribution in [0.4, 0.5) is 0 Å². The van der Waals surface area contributed by atoms with E-state index in [1.165, 1.54) is 0 Å². The predicted molar refractivity (Wildman–Crippen MR) is 33.6 cm³/mol. The van der Waals surface area contributed by atoms with Crippen LogP contribution in [0.1, 0.15) is 12.8 Å². The molecule has 54 valence electrons. The fourth-order valence-corrected chi connectivity index (χ4v) is 1.39. The zero-order valence-electron chi connectivity index (χ0n) is 5.41. The number of carbonyl (C=O) groups is 1. The maximum Gasteiger partial charge on any atom is 0.342 e. The summed E-state index contributed by atoms with van der Waals surface area (Å²) in [5, 5.41) is 8.66. The van der Waals surface area contributed by atoms with Gasteiger partial charge in [-0.2, -0.15) is 0 Å². The summed E-state index contributed by atoms with van der Waals surface area (Å²) in [7, 11) is 0. The van der Waals surface area contributed by atoms with Crippen molar-refractivity contribution < 1.29 is 14.6 Å². The van der Waals surface area contributed by atoms with Gasteiger partial charge in [-0.15, -0.1) is 0 Å². The molecule has 1 fully saturated rings. The van der Waals surface area contributed by atoms with Gasteiger partial charge in [-0.05, 0) is 18.9 Å². The summed E-state index contributed by atoms with van der Waals surface area (Å²) in [5.74, 6) is -0.853. The molecule has 2 rings (SSSR count). The highest BCUT2D eigenvalue weighted by Gasteiger charge is 2.61. The number of carboxylic acid groups (broad SMARTS) is 1. The monoisotopic (exact) mass is 140 g/mol. The van der Waals surface area contributed by atoms with Gasteiger partial charge >= 0.3 is 5.97 Å². The van der Waals surface area contributed by atoms with E-state index in [-0.39, 0.29) is 6.10 Å². The van der Waals surface area contributed by atoms with Gasteiger partial charge in [-0.1, -0.05) is 6.08 Å². The molecule has 0 amide bonds. The Bertz CT molecular complexity index is 209. The lowest BCUT2D eigenvalue weighted by molar-refractivity contribution is -0.141. The first-order valence-electron chi connectivity index (χ1n) is 3.34. The molecule has 0 saturated carbocycles. The molecule has 1 heterocycles. The van der Waals surface area contributed by atoms with Crippen LogP contribution in [0.2, 0.25) is 0 Å². The highest BCUT2D eigenvalue weighted by Crippen LogP contribution is 2.43. The number of carboxylic acids is 1. The van der Waals surface area contributed by atoms with E-state index in [4.69, 9.17) is 9.84 Å². The minimum atomic E-state index is -0.918. The molecule has 2 atom stereocenters. The Kier molecular flexibility index (Phi) is 0.951. The van der Waals surface area contributed by atoms with E-state index in [1.807, 2.05) is 6.08 Å². The second-order valence-corrected chi connectivity index (χ2v) is 2.68. The zero-order valence-corrected chi connectivity index (χ0v) is 5.41. The van der Waals surface area contributed by atoms with Crippen molar-refractivity contribution in [1.29, 1.82) is 0 Å². The molecule has 0 bridgehead atoms. The van der Waals surface area contributed by atoms with Gasteiger partial charge in [-0.3, -0.25) is 0 Å². The predicted octanol–water partition coefficient (Wildman–Crippen LogP) is 0.559. The fourth-order valence-electron chi connectivity index (χ4n) is 1.39. The second kappa shape index (κ2) is 1.61. The van der Waals surface area contributed by atoms with E-state index in [2.05, 4.69) is 0 Å². The van der Waals surface area contributed by atoms with Gasteiger partial charge in [0.25, 0.3) is 0 Å². The van der Waals surface area contributed by atoms with Gasteiger partial charge in [0.1, 0.15) is 6.10 Å². The molecule has 1 saturated heterocycles. The van der Waals surface area contributed by atoms with Crippen LogP contribution in [-0.2, 0) is 9.53 Å². The van der Waals surface area contributed by atoms with Gasteiger partial charge in [0.05, 0.1) is 0 Å². The molecule has 1 aliphatic heterocycles. The number of rotatable bonds is 1. The van der Waals surface area contributed by atoms with Crippen LogP contribution in [0, 0.1) is 0 Å². The van der Waals surface area contributed by atoms with Crippen molar-refractivity contribution in [2.45, 2.75) is 24.5 Å². The van der Waals surface area contributed by atoms with Crippen LogP contribution in [0.5, 0.6) is 0 Å². The number of hydrogen-bond donors (Lipinski definition) is 1. The molecule has 0 aromatic rings. The van der Waals surface area contributed by atoms with E-state index in [1.54, 1.807) is 6.08 Å². The minimum absolute atomic E-state index is 0.0463. The molecule has 0 radical (unpaired) electrons. The fraction of sp³-hybridized carbons (Fsp3) is 0.571. The normalized spacial score (nSPS) is 42.6. The summed E-state index contributed by atoms with van der Waals surface area (Å²) >= 11 is 0. The van der Waals surface area contributed by atoms with Crippen LogP contribution in [-0.4, -0.2) is 22.8 Å². The van der Waals surface area contributed by atoms with E-state index in [9.17, 15) is 4.79 Å². The first kappa shape index (κ1) is 5.92. The van der Waals surface area contributed by atoms with Gasteiger partial charge in [0.15, 0.2) is 0 Å². The third kappa shape index (κ3) is 0.555. The standard InChI is InChI=1S/C7H8O3/c8-6(9)7-4-2-1-3-5(7)10-7/h2,4-5H,1,3H2,(H,8,9). The highest BCUT2D eigenvalue weighted by molar-refractivity contribution is 5.84. The first-order valence-corrected chi connectivity index (χ1v) is 3.34. The lowest BCUT2D eigenvalue weighted by atomic mass is 9.96. The zero-order chi connectivity index (χ0) is 7.19. The largest absolute Gasteiger partial charge is 0.479 e. The second-order valence-electron chi connectivity index (χ2n) is 2.68. The summed E-state index contributed by atoms with van der Waals surface area (Å²) in [5.41, 5.74) is -0.918. The van der Waals surface area contributed by atoms with Crippen molar-refractivity contribution in [2.24, 2.45) is 0 Å². The Morgan fingerprint density at radius 2 is 2.60 bits per heavy atom. The summed E-state index contributed by atoms with van der Waals surface area (Å²) in [4.78, 5) is 10.5. The Morgan fingerprint density at radius 1 is 1.80 bits per heavy atom. The molecule has 2 aliphatic rings. The molecular formula is C7H8O3. The summed E-state index contributed by atoms with van der Waals surface area (Å²) in [6, 6.07) is 0. The SMILES string of the molecule is O=C(O)C12C=CCCC1O2. The van der Waals surface area contributed by atoms with E-state index in [0.29, 0.717) is 0 Å². The van der Waals surface area contributed by atoms with Crippen molar-refractivity contribution in [3.8, 4) is 0 Å². The molecule has 2 unspecified atom stereocenters. The average Bonchev–Trinajstić information content (AvgIpc) is 2.61. The Labute approximate surface area is 58.3 Å². The maximum atomic E-state index is 10.5. The van der Waals surface area contributed by atoms with Crippen molar-refractivity contribution in [1.82, 2.24) is 0 Å². The Balaban J connectivity index is 2.26. The summed E-state index contributed by atoms with van der Waals surface area (Å²) < 4.78 is 5.04. The Hall–Kier alpha value is -0.830. The van der Waals surface area contributed by atoms with Crippen molar-refractivity contribution in [3.63, 3.8) is 0 Å². The van der Waals surface area contributed by atoms with Crippen molar-refractivity contribution >= 4 is 5.97 Å². The molecule has 3 nitrogen and oxygen atoms in total. The van der Waals surface area contributed by atoms with Gasteiger partial charge < -0.3 is 9.84 Å². The Morgan fingerprint density at radius 3 is 3.10 bits per heavy atom. The van der Waals surface area contributed by atoms with E-state index < -0.39 is 11.6 Å². The number of allylic oxidation sites excluding steroid dienone is 1. The number of fused-ring (bicyclic) bond motifs is 1. The van der Waals surface area contributed by atoms with Crippen molar-refractivity contribution in [3.05, 3.63) is 12.2 Å². The van der Waals surface area contributed by atoms with Crippen LogP contribution in [0.25, 0.3) is 0 Å². The maximum absolute atomic E-state index is 10.5. The molecule has 10 heavy (non-hydrogen) atoms. The molecule has 0 spiro atoms. The summed E-state index contributed by atoms with van der Waals surface area (Å²) in [6.07, 6.45) is 5.28. The average molecular weight is 140 g/mol. The topological polar surface area (TPSA) is 49.8 Å². The third-order valence-corrected chi connectivity index (χ3v) is 2.05. The molecular weight excluding hydrogens is 132 g/mol. The number of epoxide rings is 1. The molecule has 1 aliphatic carbocycles. The highest BCUT2D eigenvalue weighted by atomic mass is 16.6. The first-order chi connectivity index (χ1) is 4.76. The molecule has 0 aromatic carbocycles. The number of aliphatic carboxylic acids is 1. The lowest BCUT2D eigenvalue weighted by Crippen LogP contribution is -2.25. The van der Waals surface area contributed by atoms with Gasteiger partial charge in [0.2, 0.25) is 5.60 Å². The number of hydrogen-bond acceptors (Lipinski definition) is 2. The van der Waals surface area contributed by atoms with Crippen LogP contribution in [0.15, 0.2) is 12.2 Å². The number of ether oxygens (including phenoxy) is 1. The quantitative estimate of drug-likeness (QED) is 0.427. The van der Waals surface area contributed by atoms with E-state index in [0.717, 1.165) is 12.8 Å². The van der Waals surface area contributed by atoms with Crippen molar-refractivity contribution in [2.75, 3.05) is 0 Å². The minimum Gasteiger partial charge on any atom is -0.479 e. The van der Waals surface area contributed by atoms with Crippen LogP contribution < -0.4 is 0 Å². The van der Waals surface area contributed by atoms with E-state index >= 15 is 0 Å². The molecule has 1 N–H and O–H groups in total. The van der Waals surface area contributed by atoms with Crippen LogP contribution in [0.3, 0.4) is 0 Å². The van der Waals surface area contributed by atoms with Gasteiger partial charge in [0, 0.05) is 0 Å². The molecule has 3 heteroatoms. The van der Waals surface area contributed by atoms with Crippen LogP contribution >= 0.6 is 0 Å². The smallest absolute Gasteiger partial charge is 0.342 e. The van der Waals surface area contributed by atoms with Gasteiger partial charge in [-0.25, -0.2) is 4.79 Å². The summed E-state index contributed by atoms with van der Waals surface area (Å²) in [6.45, 7) is 0. The molecule has 0 aromatic heterocycles.